The van der Waals surface area contributed by atoms with E-state index in [0.717, 1.165) is 5.56 Å². The van der Waals surface area contributed by atoms with E-state index in [9.17, 15) is 5.11 Å². The van der Waals surface area contributed by atoms with Crippen LogP contribution in [0.15, 0.2) is 48.5 Å². The third-order valence-electron chi connectivity index (χ3n) is 4.18. The van der Waals surface area contributed by atoms with E-state index in [2.05, 4.69) is 30.3 Å². The van der Waals surface area contributed by atoms with Gasteiger partial charge in [0, 0.05) is 0 Å². The van der Waals surface area contributed by atoms with Crippen LogP contribution < -0.4 is 0 Å². The number of hydrogen-bond donors (Lipinski definition) is 1. The van der Waals surface area contributed by atoms with Crippen LogP contribution in [0.1, 0.15) is 43.6 Å². The first-order valence-corrected chi connectivity index (χ1v) is 7.23. The number of hydrogen-bond acceptors (Lipinski definition) is 1. The summed E-state index contributed by atoms with van der Waals surface area (Å²) in [6.45, 7) is 0. The molecule has 0 spiro atoms. The lowest BCUT2D eigenvalue weighted by Crippen LogP contribution is -2.04. The second-order valence-corrected chi connectivity index (χ2v) is 5.47. The van der Waals surface area contributed by atoms with Crippen molar-refractivity contribution >= 4 is 0 Å². The molecule has 1 nitrogen and oxygen atoms in total. The average Bonchev–Trinajstić information content (AvgIpc) is 2.49. The van der Waals surface area contributed by atoms with Crippen molar-refractivity contribution in [2.75, 3.05) is 0 Å². The van der Waals surface area contributed by atoms with E-state index in [-0.39, 0.29) is 0 Å². The van der Waals surface area contributed by atoms with Crippen molar-refractivity contribution in [2.24, 2.45) is 0 Å². The van der Waals surface area contributed by atoms with Crippen LogP contribution in [0, 0.1) is 0 Å². The van der Waals surface area contributed by atoms with Gasteiger partial charge in [-0.25, -0.2) is 0 Å². The second kappa shape index (κ2) is 5.48. The predicted octanol–water partition coefficient (Wildman–Crippen LogP) is 5.11. The fourth-order valence-corrected chi connectivity index (χ4v) is 3.11. The van der Waals surface area contributed by atoms with Crippen LogP contribution in [0.4, 0.5) is 0 Å². The highest BCUT2D eigenvalue weighted by Gasteiger charge is 2.19. The summed E-state index contributed by atoms with van der Waals surface area (Å²) in [5.41, 5.74) is 3.57. The molecule has 1 N–H and O–H groups in total. The molecule has 0 aliphatic heterocycles. The van der Waals surface area contributed by atoms with Crippen molar-refractivity contribution in [1.29, 1.82) is 0 Å². The molecule has 1 fully saturated rings. The van der Waals surface area contributed by atoms with Gasteiger partial charge < -0.3 is 5.11 Å². The lowest BCUT2D eigenvalue weighted by atomic mass is 9.83. The Kier molecular flexibility index (Phi) is 3.54. The summed E-state index contributed by atoms with van der Waals surface area (Å²) in [6.07, 6.45) is 6.35. The number of rotatable bonds is 2. The van der Waals surface area contributed by atoms with Crippen LogP contribution >= 0.6 is 0 Å². The van der Waals surface area contributed by atoms with Crippen molar-refractivity contribution in [3.63, 3.8) is 0 Å². The van der Waals surface area contributed by atoms with Crippen LogP contribution in [0.2, 0.25) is 0 Å². The summed E-state index contributed by atoms with van der Waals surface area (Å²) in [5, 5.41) is 10.1. The van der Waals surface area contributed by atoms with E-state index in [4.69, 9.17) is 0 Å². The number of benzene rings is 2. The van der Waals surface area contributed by atoms with Crippen LogP contribution in [0.3, 0.4) is 0 Å². The van der Waals surface area contributed by atoms with Gasteiger partial charge in [0.15, 0.2) is 0 Å². The summed E-state index contributed by atoms with van der Waals surface area (Å²) in [7, 11) is 0. The van der Waals surface area contributed by atoms with Gasteiger partial charge in [-0.3, -0.25) is 0 Å². The minimum atomic E-state index is 0.464. The lowest BCUT2D eigenvalue weighted by Gasteiger charge is -2.23. The molecule has 0 saturated heterocycles. The van der Waals surface area contributed by atoms with Gasteiger partial charge in [-0.2, -0.15) is 0 Å². The van der Waals surface area contributed by atoms with E-state index in [1.54, 1.807) is 0 Å². The molecule has 2 aromatic rings. The summed E-state index contributed by atoms with van der Waals surface area (Å²) >= 11 is 0. The Morgan fingerprint density at radius 2 is 1.53 bits per heavy atom. The second-order valence-electron chi connectivity index (χ2n) is 5.47. The van der Waals surface area contributed by atoms with Gasteiger partial charge in [0.05, 0.1) is 0 Å². The molecule has 19 heavy (non-hydrogen) atoms. The van der Waals surface area contributed by atoms with Gasteiger partial charge in [-0.05, 0) is 47.6 Å². The smallest absolute Gasteiger partial charge is 0.119 e. The minimum Gasteiger partial charge on any atom is -0.508 e. The predicted molar refractivity (Wildman–Crippen MR) is 79.4 cm³/mol. The van der Waals surface area contributed by atoms with Crippen LogP contribution in [-0.4, -0.2) is 5.11 Å². The fourth-order valence-electron chi connectivity index (χ4n) is 3.11. The van der Waals surface area contributed by atoms with Crippen molar-refractivity contribution in [3.05, 3.63) is 54.1 Å². The van der Waals surface area contributed by atoms with Crippen LogP contribution in [0.5, 0.6) is 5.75 Å². The third kappa shape index (κ3) is 2.65. The Labute approximate surface area is 114 Å². The number of aromatic hydroxyl groups is 1. The number of phenolic OH excluding ortho intramolecular Hbond substituents is 1. The molecule has 1 aliphatic carbocycles. The summed E-state index contributed by atoms with van der Waals surface area (Å²) < 4.78 is 0. The number of phenols is 1. The monoisotopic (exact) mass is 252 g/mol. The van der Waals surface area contributed by atoms with E-state index >= 15 is 0 Å². The first kappa shape index (κ1) is 12.3. The Balaban J connectivity index is 1.96. The van der Waals surface area contributed by atoms with E-state index in [1.165, 1.54) is 43.2 Å². The molecule has 2 aromatic carbocycles. The molecule has 0 heterocycles. The first-order valence-electron chi connectivity index (χ1n) is 7.23. The minimum absolute atomic E-state index is 0.464. The molecular formula is C18H20O. The van der Waals surface area contributed by atoms with Crippen molar-refractivity contribution < 1.29 is 5.11 Å². The van der Waals surface area contributed by atoms with Crippen molar-refractivity contribution in [3.8, 4) is 16.9 Å². The highest BCUT2D eigenvalue weighted by atomic mass is 16.3. The van der Waals surface area contributed by atoms with Crippen molar-refractivity contribution in [2.45, 2.75) is 38.0 Å². The summed E-state index contributed by atoms with van der Waals surface area (Å²) in [5.74, 6) is 1.00. The quantitative estimate of drug-likeness (QED) is 0.787. The molecule has 1 heteroatoms. The van der Waals surface area contributed by atoms with Crippen LogP contribution in [0.25, 0.3) is 11.1 Å². The van der Waals surface area contributed by atoms with Gasteiger partial charge >= 0.3 is 0 Å². The highest BCUT2D eigenvalue weighted by Crippen LogP contribution is 2.38. The normalized spacial score (nSPS) is 16.4. The van der Waals surface area contributed by atoms with Crippen molar-refractivity contribution in [1.82, 2.24) is 0 Å². The summed E-state index contributed by atoms with van der Waals surface area (Å²) in [6, 6.07) is 16.4. The van der Waals surface area contributed by atoms with Gasteiger partial charge in [0.25, 0.3) is 0 Å². The summed E-state index contributed by atoms with van der Waals surface area (Å²) in [4.78, 5) is 0. The zero-order valence-electron chi connectivity index (χ0n) is 11.2. The molecule has 1 aliphatic rings. The largest absolute Gasteiger partial charge is 0.508 e. The molecule has 1 saturated carbocycles. The zero-order chi connectivity index (χ0) is 13.1. The molecule has 0 radical (unpaired) electrons. The lowest BCUT2D eigenvalue weighted by molar-refractivity contribution is 0.414. The fraction of sp³-hybridized carbons (Fsp3) is 0.333. The highest BCUT2D eigenvalue weighted by molar-refractivity contribution is 5.65. The maximum absolute atomic E-state index is 10.1. The molecular weight excluding hydrogens is 232 g/mol. The van der Waals surface area contributed by atoms with E-state index < -0.39 is 0 Å². The zero-order valence-corrected chi connectivity index (χ0v) is 11.2. The van der Waals surface area contributed by atoms with Gasteiger partial charge in [-0.15, -0.1) is 0 Å². The SMILES string of the molecule is Oc1ccc(-c2ccccc2)cc1C1CCCCC1. The third-order valence-corrected chi connectivity index (χ3v) is 4.18. The van der Waals surface area contributed by atoms with Gasteiger partial charge in [0.1, 0.15) is 5.75 Å². The molecule has 0 amide bonds. The van der Waals surface area contributed by atoms with Gasteiger partial charge in [0.2, 0.25) is 0 Å². The Morgan fingerprint density at radius 3 is 2.26 bits per heavy atom. The molecule has 0 bridgehead atoms. The standard InChI is InChI=1S/C18H20O/c19-18-12-11-16(14-7-3-1-4-8-14)13-17(18)15-9-5-2-6-10-15/h1,3-4,7-8,11-13,15,19H,2,5-6,9-10H2. The topological polar surface area (TPSA) is 20.2 Å². The van der Waals surface area contributed by atoms with Crippen LogP contribution in [-0.2, 0) is 0 Å². The Morgan fingerprint density at radius 1 is 0.789 bits per heavy atom. The molecule has 0 atom stereocenters. The van der Waals surface area contributed by atoms with E-state index in [1.807, 2.05) is 18.2 Å². The Bertz CT molecular complexity index is 539. The first-order chi connectivity index (χ1) is 9.34. The maximum Gasteiger partial charge on any atom is 0.119 e. The Hall–Kier alpha value is -1.76. The average molecular weight is 252 g/mol. The van der Waals surface area contributed by atoms with Gasteiger partial charge in [-0.1, -0.05) is 55.7 Å². The molecule has 0 aromatic heterocycles. The van der Waals surface area contributed by atoms with E-state index in [0.29, 0.717) is 11.7 Å². The molecule has 0 unspecified atom stereocenters. The molecule has 3 rings (SSSR count). The maximum atomic E-state index is 10.1. The molecule has 98 valence electrons.